The van der Waals surface area contributed by atoms with Crippen LogP contribution in [-0.4, -0.2) is 12.7 Å². The van der Waals surface area contributed by atoms with Gasteiger partial charge in [-0.15, -0.1) is 0 Å². The van der Waals surface area contributed by atoms with Crippen molar-refractivity contribution in [2.75, 3.05) is 11.7 Å². The van der Waals surface area contributed by atoms with Crippen molar-refractivity contribution in [2.45, 2.75) is 6.04 Å². The van der Waals surface area contributed by atoms with Gasteiger partial charge < -0.3 is 9.47 Å². The molecule has 1 unspecified atom stereocenters. The Hall–Kier alpha value is -2.42. The minimum Gasteiger partial charge on any atom is -0.454 e. The maximum absolute atomic E-state index is 12.8. The van der Waals surface area contributed by atoms with Crippen LogP contribution in [0.2, 0.25) is 10.0 Å². The largest absolute Gasteiger partial charge is 0.454 e. The molecule has 0 fully saturated rings. The molecule has 2 aromatic carbocycles. The van der Waals surface area contributed by atoms with Gasteiger partial charge in [0, 0.05) is 32.9 Å². The van der Waals surface area contributed by atoms with Gasteiger partial charge in [0.25, 0.3) is 5.91 Å². The molecule has 0 radical (unpaired) electrons. The maximum atomic E-state index is 12.8. The van der Waals surface area contributed by atoms with E-state index in [4.69, 9.17) is 32.7 Å². The summed E-state index contributed by atoms with van der Waals surface area (Å²) in [6, 6.07) is 9.46. The van der Waals surface area contributed by atoms with Crippen molar-refractivity contribution in [3.8, 4) is 17.6 Å². The number of hydrogen-bond acceptors (Lipinski definition) is 4. The van der Waals surface area contributed by atoms with Crippen molar-refractivity contribution < 1.29 is 14.3 Å². The van der Waals surface area contributed by atoms with Crippen LogP contribution in [0.1, 0.15) is 22.0 Å². The van der Waals surface area contributed by atoms with Gasteiger partial charge in [-0.2, -0.15) is 5.26 Å². The van der Waals surface area contributed by atoms with E-state index >= 15 is 0 Å². The molecule has 0 N–H and O–H groups in total. The fraction of sp³-hybridized carbons (Fsp3) is 0.125. The van der Waals surface area contributed by atoms with Gasteiger partial charge in [0.1, 0.15) is 0 Å². The Balaban J connectivity index is 1.86. The smallest absolute Gasteiger partial charge is 0.260 e. The van der Waals surface area contributed by atoms with Crippen LogP contribution >= 0.6 is 23.2 Å². The zero-order valence-corrected chi connectivity index (χ0v) is 13.1. The van der Waals surface area contributed by atoms with E-state index in [-0.39, 0.29) is 12.7 Å². The molecule has 0 spiro atoms. The standard InChI is InChI=1S/C16H8Cl2N2O3/c17-8-3-10-15(11(18)4-8)12(6-19)20(16(10)21)9-1-2-13-14(5-9)23-7-22-13/h1-5,12H,7H2. The monoisotopic (exact) mass is 346 g/mol. The number of ether oxygens (including phenoxy) is 2. The van der Waals surface area contributed by atoms with Gasteiger partial charge in [0.15, 0.2) is 17.5 Å². The van der Waals surface area contributed by atoms with Crippen LogP contribution in [0, 0.1) is 11.3 Å². The predicted molar refractivity (Wildman–Crippen MR) is 84.2 cm³/mol. The van der Waals surface area contributed by atoms with Gasteiger partial charge in [-0.1, -0.05) is 23.2 Å². The molecule has 0 saturated heterocycles. The molecule has 23 heavy (non-hydrogen) atoms. The average molecular weight is 347 g/mol. The van der Waals surface area contributed by atoms with Crippen LogP contribution in [-0.2, 0) is 0 Å². The van der Waals surface area contributed by atoms with Crippen molar-refractivity contribution in [3.63, 3.8) is 0 Å². The summed E-state index contributed by atoms with van der Waals surface area (Å²) in [5.41, 5.74) is 1.35. The predicted octanol–water partition coefficient (Wildman–Crippen LogP) is 3.95. The van der Waals surface area contributed by atoms with E-state index in [1.54, 1.807) is 18.2 Å². The fourth-order valence-corrected chi connectivity index (χ4v) is 3.44. The zero-order chi connectivity index (χ0) is 16.1. The van der Waals surface area contributed by atoms with E-state index in [0.717, 1.165) is 0 Å². The Kier molecular flexibility index (Phi) is 3.12. The number of anilines is 1. The first-order chi connectivity index (χ1) is 11.1. The third kappa shape index (κ3) is 2.03. The highest BCUT2D eigenvalue weighted by atomic mass is 35.5. The fourth-order valence-electron chi connectivity index (χ4n) is 2.84. The molecular formula is C16H8Cl2N2O3. The Labute approximate surface area is 141 Å². The molecule has 114 valence electrons. The first-order valence-corrected chi connectivity index (χ1v) is 7.47. The zero-order valence-electron chi connectivity index (χ0n) is 11.5. The Morgan fingerprint density at radius 2 is 1.96 bits per heavy atom. The molecule has 2 aliphatic heterocycles. The third-order valence-electron chi connectivity index (χ3n) is 3.83. The van der Waals surface area contributed by atoms with Crippen molar-refractivity contribution in [3.05, 3.63) is 51.5 Å². The molecule has 4 rings (SSSR count). The molecular weight excluding hydrogens is 339 g/mol. The van der Waals surface area contributed by atoms with Crippen molar-refractivity contribution in [2.24, 2.45) is 0 Å². The van der Waals surface area contributed by atoms with E-state index in [2.05, 4.69) is 6.07 Å². The van der Waals surface area contributed by atoms with Crippen LogP contribution in [0.5, 0.6) is 11.5 Å². The highest BCUT2D eigenvalue weighted by Gasteiger charge is 2.40. The lowest BCUT2D eigenvalue weighted by atomic mass is 10.1. The highest BCUT2D eigenvalue weighted by molar-refractivity contribution is 6.36. The van der Waals surface area contributed by atoms with Crippen LogP contribution in [0.3, 0.4) is 0 Å². The number of nitriles is 1. The van der Waals surface area contributed by atoms with E-state index in [9.17, 15) is 10.1 Å². The van der Waals surface area contributed by atoms with Crippen molar-refractivity contribution in [1.82, 2.24) is 0 Å². The maximum Gasteiger partial charge on any atom is 0.260 e. The normalized spacial score (nSPS) is 18.0. The first kappa shape index (κ1) is 14.2. The number of amides is 1. The van der Waals surface area contributed by atoms with E-state index in [1.807, 2.05) is 0 Å². The van der Waals surface area contributed by atoms with Crippen LogP contribution < -0.4 is 14.4 Å². The summed E-state index contributed by atoms with van der Waals surface area (Å²) in [6.45, 7) is 0.135. The van der Waals surface area contributed by atoms with E-state index < -0.39 is 6.04 Å². The van der Waals surface area contributed by atoms with Gasteiger partial charge in [-0.3, -0.25) is 9.69 Å². The quantitative estimate of drug-likeness (QED) is 0.784. The van der Waals surface area contributed by atoms with Gasteiger partial charge in [-0.25, -0.2) is 0 Å². The molecule has 2 aliphatic rings. The second-order valence-electron chi connectivity index (χ2n) is 5.09. The topological polar surface area (TPSA) is 62.6 Å². The summed E-state index contributed by atoms with van der Waals surface area (Å²) in [4.78, 5) is 14.1. The molecule has 2 aromatic rings. The van der Waals surface area contributed by atoms with E-state index in [0.29, 0.717) is 38.4 Å². The summed E-state index contributed by atoms with van der Waals surface area (Å²) >= 11 is 12.2. The number of carbonyl (C=O) groups excluding carboxylic acids is 1. The first-order valence-electron chi connectivity index (χ1n) is 6.72. The molecule has 5 nitrogen and oxygen atoms in total. The highest BCUT2D eigenvalue weighted by Crippen LogP contribution is 2.44. The molecule has 1 amide bonds. The molecule has 0 saturated carbocycles. The Morgan fingerprint density at radius 1 is 1.17 bits per heavy atom. The molecule has 2 heterocycles. The SMILES string of the molecule is N#CC1c2c(Cl)cc(Cl)cc2C(=O)N1c1ccc2c(c1)OCO2. The minimum absolute atomic E-state index is 0.135. The van der Waals surface area contributed by atoms with Gasteiger partial charge in [-0.05, 0) is 24.3 Å². The number of nitrogens with zero attached hydrogens (tertiary/aromatic N) is 2. The minimum atomic E-state index is -0.817. The molecule has 0 aliphatic carbocycles. The van der Waals surface area contributed by atoms with E-state index in [1.165, 1.54) is 17.0 Å². The Morgan fingerprint density at radius 3 is 2.74 bits per heavy atom. The van der Waals surface area contributed by atoms with Crippen molar-refractivity contribution >= 4 is 34.8 Å². The van der Waals surface area contributed by atoms with Crippen molar-refractivity contribution in [1.29, 1.82) is 5.26 Å². The molecule has 7 heteroatoms. The van der Waals surface area contributed by atoms with Crippen LogP contribution in [0.15, 0.2) is 30.3 Å². The van der Waals surface area contributed by atoms with Gasteiger partial charge >= 0.3 is 0 Å². The summed E-state index contributed by atoms with van der Waals surface area (Å²) < 4.78 is 10.6. The second-order valence-corrected chi connectivity index (χ2v) is 5.94. The lowest BCUT2D eigenvalue weighted by molar-refractivity contribution is 0.0994. The second kappa shape index (κ2) is 5.05. The molecule has 0 bridgehead atoms. The summed E-state index contributed by atoms with van der Waals surface area (Å²) in [6.07, 6.45) is 0. The van der Waals surface area contributed by atoms with Crippen LogP contribution in [0.25, 0.3) is 0 Å². The summed E-state index contributed by atoms with van der Waals surface area (Å²) in [5.74, 6) is 0.814. The lowest BCUT2D eigenvalue weighted by Crippen LogP contribution is -2.26. The van der Waals surface area contributed by atoms with Gasteiger partial charge in [0.05, 0.1) is 6.07 Å². The number of hydrogen-bond donors (Lipinski definition) is 0. The summed E-state index contributed by atoms with van der Waals surface area (Å²) in [5, 5.41) is 10.2. The van der Waals surface area contributed by atoms with Gasteiger partial charge in [0.2, 0.25) is 6.79 Å². The van der Waals surface area contributed by atoms with Crippen LogP contribution in [0.4, 0.5) is 5.69 Å². The summed E-state index contributed by atoms with van der Waals surface area (Å²) in [7, 11) is 0. The average Bonchev–Trinajstić information content (AvgIpc) is 3.09. The number of fused-ring (bicyclic) bond motifs is 2. The Bertz CT molecular complexity index is 892. The molecule has 0 aromatic heterocycles. The lowest BCUT2D eigenvalue weighted by Gasteiger charge is -2.20. The third-order valence-corrected chi connectivity index (χ3v) is 4.36. The number of carbonyl (C=O) groups is 1. The number of benzene rings is 2. The number of halogens is 2. The number of rotatable bonds is 1. The molecule has 1 atom stereocenters.